The number of allylic oxidation sites excluding steroid dienone is 1. The first kappa shape index (κ1) is 18.1. The third-order valence-electron chi connectivity index (χ3n) is 8.45. The van der Waals surface area contributed by atoms with Crippen molar-refractivity contribution in [3.05, 3.63) is 11.6 Å². The highest BCUT2D eigenvalue weighted by atomic mass is 16.3. The normalized spacial score (nSPS) is 50.6. The van der Waals surface area contributed by atoms with Crippen LogP contribution < -0.4 is 0 Å². The Bertz CT molecular complexity index is 739. The van der Waals surface area contributed by atoms with Crippen molar-refractivity contribution in [2.45, 2.75) is 71.0 Å². The molecule has 2 N–H and O–H groups in total. The van der Waals surface area contributed by atoms with Gasteiger partial charge in [0.15, 0.2) is 11.6 Å². The topological polar surface area (TPSA) is 91.7 Å². The fraction of sp³-hybridized carbons (Fsp3) is 0.762. The summed E-state index contributed by atoms with van der Waals surface area (Å²) in [7, 11) is 0. The number of aliphatic hydroxyl groups is 2. The lowest BCUT2D eigenvalue weighted by atomic mass is 9.46. The van der Waals surface area contributed by atoms with E-state index in [1.165, 1.54) is 0 Å². The van der Waals surface area contributed by atoms with E-state index in [2.05, 4.69) is 0 Å². The number of Topliss-reactive ketones (excluding diaryl/α,β-unsaturated/α-hetero) is 2. The van der Waals surface area contributed by atoms with Gasteiger partial charge in [0, 0.05) is 23.7 Å². The van der Waals surface area contributed by atoms with E-state index in [0.29, 0.717) is 12.8 Å². The molecule has 3 saturated carbocycles. The molecule has 4 rings (SSSR count). The van der Waals surface area contributed by atoms with E-state index < -0.39 is 28.5 Å². The lowest BCUT2D eigenvalue weighted by Crippen LogP contribution is -2.60. The van der Waals surface area contributed by atoms with E-state index in [-0.39, 0.29) is 42.0 Å². The molecule has 7 atom stereocenters. The van der Waals surface area contributed by atoms with Crippen LogP contribution in [0.15, 0.2) is 11.6 Å². The number of hydrogen-bond donors (Lipinski definition) is 2. The molecule has 0 unspecified atom stereocenters. The maximum atomic E-state index is 12.9. The van der Waals surface area contributed by atoms with Gasteiger partial charge >= 0.3 is 0 Å². The largest absolute Gasteiger partial charge is 0.385 e. The van der Waals surface area contributed by atoms with Crippen LogP contribution in [0.1, 0.15) is 59.3 Å². The van der Waals surface area contributed by atoms with Gasteiger partial charge in [-0.15, -0.1) is 0 Å². The van der Waals surface area contributed by atoms with Crippen LogP contribution in [-0.4, -0.2) is 39.3 Å². The fourth-order valence-corrected chi connectivity index (χ4v) is 6.85. The lowest BCUT2D eigenvalue weighted by Gasteiger charge is -2.59. The molecule has 0 spiro atoms. The summed E-state index contributed by atoms with van der Waals surface area (Å²) in [5.74, 6) is -0.889. The van der Waals surface area contributed by atoms with E-state index >= 15 is 0 Å². The van der Waals surface area contributed by atoms with Crippen molar-refractivity contribution >= 4 is 17.3 Å². The summed E-state index contributed by atoms with van der Waals surface area (Å²) in [4.78, 5) is 37.1. The fourth-order valence-electron chi connectivity index (χ4n) is 6.85. The quantitative estimate of drug-likeness (QED) is 0.746. The first-order valence-corrected chi connectivity index (χ1v) is 9.74. The minimum atomic E-state index is -1.15. The van der Waals surface area contributed by atoms with Crippen LogP contribution in [0.3, 0.4) is 0 Å². The third-order valence-corrected chi connectivity index (χ3v) is 8.45. The molecule has 0 aromatic rings. The SMILES string of the molecule is CC(=O)[C@@H]1CC[C@@]2(O)C3=CC(=O)[C@@H]4CC(=O)[C@@H](O)C[C@@]4(C)[C@H]3CC[C@]12C. The van der Waals surface area contributed by atoms with Gasteiger partial charge in [-0.3, -0.25) is 14.4 Å². The van der Waals surface area contributed by atoms with Gasteiger partial charge in [-0.05, 0) is 62.0 Å². The Morgan fingerprint density at radius 2 is 1.85 bits per heavy atom. The molecular formula is C21H28O5. The Kier molecular flexibility index (Phi) is 3.72. The van der Waals surface area contributed by atoms with Gasteiger partial charge in [0.25, 0.3) is 0 Å². The first-order valence-electron chi connectivity index (χ1n) is 9.74. The Labute approximate surface area is 153 Å². The van der Waals surface area contributed by atoms with Crippen LogP contribution in [0.5, 0.6) is 0 Å². The zero-order valence-electron chi connectivity index (χ0n) is 15.7. The number of carbonyl (C=O) groups excluding carboxylic acids is 3. The minimum absolute atomic E-state index is 0.0308. The van der Waals surface area contributed by atoms with Crippen LogP contribution in [0.2, 0.25) is 0 Å². The van der Waals surface area contributed by atoms with Crippen molar-refractivity contribution in [1.29, 1.82) is 0 Å². The Balaban J connectivity index is 1.81. The van der Waals surface area contributed by atoms with E-state index in [1.807, 2.05) is 13.8 Å². The molecule has 5 heteroatoms. The Morgan fingerprint density at radius 1 is 1.15 bits per heavy atom. The summed E-state index contributed by atoms with van der Waals surface area (Å²) in [5, 5.41) is 21.9. The van der Waals surface area contributed by atoms with Crippen LogP contribution in [0.4, 0.5) is 0 Å². The highest BCUT2D eigenvalue weighted by Crippen LogP contribution is 2.66. The number of hydrogen-bond acceptors (Lipinski definition) is 5. The third kappa shape index (κ3) is 2.02. The lowest BCUT2D eigenvalue weighted by molar-refractivity contribution is -0.153. The molecule has 3 fully saturated rings. The van der Waals surface area contributed by atoms with Gasteiger partial charge in [-0.2, -0.15) is 0 Å². The van der Waals surface area contributed by atoms with Crippen molar-refractivity contribution in [3.63, 3.8) is 0 Å². The molecule has 0 aromatic carbocycles. The van der Waals surface area contributed by atoms with Crippen molar-refractivity contribution in [1.82, 2.24) is 0 Å². The molecule has 4 aliphatic rings. The molecule has 0 heterocycles. The highest BCUT2D eigenvalue weighted by Gasteiger charge is 2.67. The highest BCUT2D eigenvalue weighted by molar-refractivity contribution is 5.99. The molecule has 5 nitrogen and oxygen atoms in total. The van der Waals surface area contributed by atoms with Gasteiger partial charge in [-0.25, -0.2) is 0 Å². The number of fused-ring (bicyclic) bond motifs is 5. The molecule has 142 valence electrons. The van der Waals surface area contributed by atoms with Crippen LogP contribution in [-0.2, 0) is 14.4 Å². The Morgan fingerprint density at radius 3 is 2.50 bits per heavy atom. The number of carbonyl (C=O) groups is 3. The molecule has 0 bridgehead atoms. The second kappa shape index (κ2) is 5.35. The van der Waals surface area contributed by atoms with Crippen molar-refractivity contribution in [2.24, 2.45) is 28.6 Å². The molecule has 0 aromatic heterocycles. The van der Waals surface area contributed by atoms with Crippen LogP contribution in [0.25, 0.3) is 0 Å². The summed E-state index contributed by atoms with van der Waals surface area (Å²) in [6.07, 6.45) is 3.54. The van der Waals surface area contributed by atoms with E-state index in [4.69, 9.17) is 0 Å². The van der Waals surface area contributed by atoms with Crippen LogP contribution >= 0.6 is 0 Å². The van der Waals surface area contributed by atoms with E-state index in [9.17, 15) is 24.6 Å². The van der Waals surface area contributed by atoms with E-state index in [0.717, 1.165) is 18.4 Å². The zero-order chi connectivity index (χ0) is 19.1. The van der Waals surface area contributed by atoms with Crippen molar-refractivity contribution < 1.29 is 24.6 Å². The van der Waals surface area contributed by atoms with Crippen molar-refractivity contribution in [3.8, 4) is 0 Å². The number of aliphatic hydroxyl groups excluding tert-OH is 1. The smallest absolute Gasteiger partial charge is 0.162 e. The summed E-state index contributed by atoms with van der Waals surface area (Å²) < 4.78 is 0. The molecule has 26 heavy (non-hydrogen) atoms. The van der Waals surface area contributed by atoms with E-state index in [1.54, 1.807) is 13.0 Å². The van der Waals surface area contributed by atoms with Gasteiger partial charge in [0.2, 0.25) is 0 Å². The van der Waals surface area contributed by atoms with Crippen LogP contribution in [0, 0.1) is 28.6 Å². The molecule has 0 aliphatic heterocycles. The summed E-state index contributed by atoms with van der Waals surface area (Å²) in [6, 6.07) is 0. The average Bonchev–Trinajstić information content (AvgIpc) is 2.83. The predicted octanol–water partition coefficient (Wildman–Crippen LogP) is 1.99. The standard InChI is InChI=1S/C21H28O5/c1-11(22)12-5-7-21(26)14-8-16(23)15-9-17(24)18(25)10-19(15,2)13(14)4-6-20(12,21)3/h8,12-13,15,18,25-26H,4-7,9-10H2,1-3H3/t12-,13-,15-,18-,19-,20+,21+/m0/s1. The number of ketones is 3. The molecular weight excluding hydrogens is 332 g/mol. The predicted molar refractivity (Wildman–Crippen MR) is 94.1 cm³/mol. The van der Waals surface area contributed by atoms with Gasteiger partial charge in [-0.1, -0.05) is 13.8 Å². The second-order valence-corrected chi connectivity index (χ2v) is 9.52. The maximum absolute atomic E-state index is 12.9. The molecule has 4 aliphatic carbocycles. The van der Waals surface area contributed by atoms with Gasteiger partial charge < -0.3 is 10.2 Å². The average molecular weight is 360 g/mol. The molecule has 0 radical (unpaired) electrons. The monoisotopic (exact) mass is 360 g/mol. The first-order chi connectivity index (χ1) is 12.0. The number of rotatable bonds is 1. The minimum Gasteiger partial charge on any atom is -0.385 e. The second-order valence-electron chi connectivity index (χ2n) is 9.52. The van der Waals surface area contributed by atoms with Gasteiger partial charge in [0.1, 0.15) is 11.9 Å². The van der Waals surface area contributed by atoms with Crippen molar-refractivity contribution in [2.75, 3.05) is 0 Å². The summed E-state index contributed by atoms with van der Waals surface area (Å²) in [6.45, 7) is 5.57. The maximum Gasteiger partial charge on any atom is 0.162 e. The molecule has 0 saturated heterocycles. The Hall–Kier alpha value is -1.33. The van der Waals surface area contributed by atoms with Gasteiger partial charge in [0.05, 0.1) is 5.60 Å². The summed E-state index contributed by atoms with van der Waals surface area (Å²) in [5.41, 5.74) is -1.46. The summed E-state index contributed by atoms with van der Waals surface area (Å²) >= 11 is 0. The molecule has 0 amide bonds. The zero-order valence-corrected chi connectivity index (χ0v) is 15.7.